The van der Waals surface area contributed by atoms with Crippen molar-refractivity contribution < 1.29 is 9.66 Å². The van der Waals surface area contributed by atoms with Crippen LogP contribution in [0.1, 0.15) is 44.2 Å². The first-order valence-electron chi connectivity index (χ1n) is 8.77. The van der Waals surface area contributed by atoms with E-state index < -0.39 is 4.92 Å². The molecule has 0 aliphatic rings. The molecular weight excluding hydrogens is 344 g/mol. The Bertz CT molecular complexity index is 948. The number of non-ortho nitro benzene ring substituents is 1. The minimum atomic E-state index is -0.424. The Balaban J connectivity index is 1.82. The van der Waals surface area contributed by atoms with Gasteiger partial charge in [-0.05, 0) is 42.7 Å². The third kappa shape index (κ3) is 3.97. The molecule has 0 spiro atoms. The fourth-order valence-corrected chi connectivity index (χ4v) is 2.88. The summed E-state index contributed by atoms with van der Waals surface area (Å²) in [5.74, 6) is 2.52. The zero-order chi connectivity index (χ0) is 19.6. The lowest BCUT2D eigenvalue weighted by atomic mass is 10.0. The van der Waals surface area contributed by atoms with Gasteiger partial charge in [-0.2, -0.15) is 0 Å². The van der Waals surface area contributed by atoms with Crippen LogP contribution in [0.2, 0.25) is 0 Å². The molecule has 0 N–H and O–H groups in total. The molecule has 1 heterocycles. The predicted molar refractivity (Wildman–Crippen MR) is 103 cm³/mol. The zero-order valence-corrected chi connectivity index (χ0v) is 15.8. The number of benzene rings is 2. The molecule has 27 heavy (non-hydrogen) atoms. The quantitative estimate of drug-likeness (QED) is 0.468. The second-order valence-corrected chi connectivity index (χ2v) is 6.73. The highest BCUT2D eigenvalue weighted by molar-refractivity contribution is 5.57. The van der Waals surface area contributed by atoms with Gasteiger partial charge in [0.25, 0.3) is 5.69 Å². The zero-order valence-electron chi connectivity index (χ0n) is 15.8. The molecule has 0 aliphatic carbocycles. The van der Waals surface area contributed by atoms with Crippen molar-refractivity contribution in [2.45, 2.75) is 32.8 Å². The van der Waals surface area contributed by atoms with E-state index in [9.17, 15) is 10.1 Å². The van der Waals surface area contributed by atoms with E-state index >= 15 is 0 Å². The average molecular weight is 366 g/mol. The lowest BCUT2D eigenvalue weighted by molar-refractivity contribution is -0.384. The van der Waals surface area contributed by atoms with Gasteiger partial charge in [-0.1, -0.05) is 26.0 Å². The van der Waals surface area contributed by atoms with Crippen molar-refractivity contribution in [2.75, 3.05) is 0 Å². The van der Waals surface area contributed by atoms with E-state index in [2.05, 4.69) is 30.1 Å². The summed E-state index contributed by atoms with van der Waals surface area (Å²) in [5.41, 5.74) is 2.02. The van der Waals surface area contributed by atoms with E-state index in [0.29, 0.717) is 17.6 Å². The lowest BCUT2D eigenvalue weighted by Crippen LogP contribution is -2.10. The number of nitro groups is 1. The summed E-state index contributed by atoms with van der Waals surface area (Å²) in [6.07, 6.45) is -0.295. The van der Waals surface area contributed by atoms with Crippen molar-refractivity contribution >= 4 is 5.69 Å². The van der Waals surface area contributed by atoms with Gasteiger partial charge < -0.3 is 9.30 Å². The highest BCUT2D eigenvalue weighted by atomic mass is 16.6. The molecule has 1 unspecified atom stereocenters. The van der Waals surface area contributed by atoms with Crippen LogP contribution in [0.15, 0.2) is 48.5 Å². The first kappa shape index (κ1) is 18.6. The number of ether oxygens (including phenoxy) is 1. The van der Waals surface area contributed by atoms with Gasteiger partial charge in [-0.25, -0.2) is 0 Å². The minimum Gasteiger partial charge on any atom is -0.483 e. The van der Waals surface area contributed by atoms with Gasteiger partial charge in [0.05, 0.1) is 4.92 Å². The third-order valence-corrected chi connectivity index (χ3v) is 4.45. The van der Waals surface area contributed by atoms with Crippen LogP contribution in [-0.4, -0.2) is 19.7 Å². The number of nitrogens with zero attached hydrogens (tertiary/aromatic N) is 4. The second kappa shape index (κ2) is 7.57. The van der Waals surface area contributed by atoms with Gasteiger partial charge in [0, 0.05) is 24.7 Å². The third-order valence-electron chi connectivity index (χ3n) is 4.45. The first-order chi connectivity index (χ1) is 12.9. The first-order valence-corrected chi connectivity index (χ1v) is 8.77. The summed E-state index contributed by atoms with van der Waals surface area (Å²) in [5, 5.41) is 19.3. The molecule has 7 heteroatoms. The van der Waals surface area contributed by atoms with Gasteiger partial charge in [0.15, 0.2) is 17.8 Å². The van der Waals surface area contributed by atoms with Crippen LogP contribution in [-0.2, 0) is 7.05 Å². The van der Waals surface area contributed by atoms with E-state index in [4.69, 9.17) is 4.74 Å². The van der Waals surface area contributed by atoms with Crippen LogP contribution in [0, 0.1) is 10.1 Å². The molecule has 0 amide bonds. The summed E-state index contributed by atoms with van der Waals surface area (Å²) in [6, 6.07) is 14.3. The number of rotatable bonds is 6. The molecule has 3 aromatic rings. The fourth-order valence-electron chi connectivity index (χ4n) is 2.88. The molecule has 0 bridgehead atoms. The largest absolute Gasteiger partial charge is 0.483 e. The van der Waals surface area contributed by atoms with E-state index in [-0.39, 0.29) is 11.8 Å². The van der Waals surface area contributed by atoms with Crippen LogP contribution in [0.25, 0.3) is 11.4 Å². The lowest BCUT2D eigenvalue weighted by Gasteiger charge is -2.16. The van der Waals surface area contributed by atoms with Crippen molar-refractivity contribution in [3.8, 4) is 17.1 Å². The molecule has 0 aliphatic heterocycles. The predicted octanol–water partition coefficient (Wildman–Crippen LogP) is 4.65. The Morgan fingerprint density at radius 3 is 2.41 bits per heavy atom. The number of nitro benzene ring substituents is 1. The average Bonchev–Trinajstić information content (AvgIpc) is 3.03. The van der Waals surface area contributed by atoms with Crippen molar-refractivity contribution in [1.82, 2.24) is 14.8 Å². The second-order valence-electron chi connectivity index (χ2n) is 6.73. The van der Waals surface area contributed by atoms with E-state index in [1.807, 2.05) is 36.7 Å². The fraction of sp³-hybridized carbons (Fsp3) is 0.300. The van der Waals surface area contributed by atoms with E-state index in [1.54, 1.807) is 12.1 Å². The maximum atomic E-state index is 10.8. The molecule has 2 aromatic carbocycles. The van der Waals surface area contributed by atoms with Gasteiger partial charge in [0.1, 0.15) is 5.75 Å². The summed E-state index contributed by atoms with van der Waals surface area (Å²) in [7, 11) is 1.86. The van der Waals surface area contributed by atoms with Gasteiger partial charge in [0.2, 0.25) is 0 Å². The van der Waals surface area contributed by atoms with Crippen molar-refractivity contribution in [2.24, 2.45) is 7.05 Å². The van der Waals surface area contributed by atoms with E-state index in [0.717, 1.165) is 11.3 Å². The smallest absolute Gasteiger partial charge is 0.269 e. The molecule has 0 saturated heterocycles. The normalized spacial score (nSPS) is 12.2. The molecule has 1 aromatic heterocycles. The van der Waals surface area contributed by atoms with Crippen molar-refractivity contribution in [3.05, 3.63) is 70.0 Å². The van der Waals surface area contributed by atoms with Crippen LogP contribution in [0.3, 0.4) is 0 Å². The van der Waals surface area contributed by atoms with E-state index in [1.165, 1.54) is 17.7 Å². The molecule has 0 radical (unpaired) electrons. The summed E-state index contributed by atoms with van der Waals surface area (Å²) >= 11 is 0. The van der Waals surface area contributed by atoms with Gasteiger partial charge >= 0.3 is 0 Å². The maximum Gasteiger partial charge on any atom is 0.269 e. The van der Waals surface area contributed by atoms with Crippen LogP contribution in [0.4, 0.5) is 5.69 Å². The maximum absolute atomic E-state index is 10.8. The standard InChI is InChI=1S/C20H22N4O3/c1-13(2)16-6-5-7-18(12-16)27-14(3)19-21-22-20(23(19)4)15-8-10-17(11-9-15)24(25)26/h5-14H,1-4H3. The Kier molecular flexibility index (Phi) is 5.21. The molecular formula is C20H22N4O3. The molecule has 0 saturated carbocycles. The van der Waals surface area contributed by atoms with Crippen molar-refractivity contribution in [1.29, 1.82) is 0 Å². The Morgan fingerprint density at radius 2 is 1.78 bits per heavy atom. The Labute approximate surface area is 157 Å². The number of hydrogen-bond donors (Lipinski definition) is 0. The summed E-state index contributed by atoms with van der Waals surface area (Å²) in [6.45, 7) is 6.20. The monoisotopic (exact) mass is 366 g/mol. The summed E-state index contributed by atoms with van der Waals surface area (Å²) < 4.78 is 7.90. The Morgan fingerprint density at radius 1 is 1.07 bits per heavy atom. The molecule has 7 nitrogen and oxygen atoms in total. The van der Waals surface area contributed by atoms with Gasteiger partial charge in [-0.3, -0.25) is 10.1 Å². The van der Waals surface area contributed by atoms with Gasteiger partial charge in [-0.15, -0.1) is 10.2 Å². The number of hydrogen-bond acceptors (Lipinski definition) is 5. The molecule has 3 rings (SSSR count). The van der Waals surface area contributed by atoms with Crippen LogP contribution < -0.4 is 4.74 Å². The van der Waals surface area contributed by atoms with Crippen molar-refractivity contribution in [3.63, 3.8) is 0 Å². The molecule has 0 fully saturated rings. The number of aromatic nitrogens is 3. The van der Waals surface area contributed by atoms with Crippen LogP contribution >= 0.6 is 0 Å². The highest BCUT2D eigenvalue weighted by Gasteiger charge is 2.18. The Hall–Kier alpha value is -3.22. The highest BCUT2D eigenvalue weighted by Crippen LogP contribution is 2.27. The topological polar surface area (TPSA) is 83.1 Å². The summed E-state index contributed by atoms with van der Waals surface area (Å²) in [4.78, 5) is 10.4. The minimum absolute atomic E-state index is 0.0443. The van der Waals surface area contributed by atoms with Crippen LogP contribution in [0.5, 0.6) is 5.75 Å². The SMILES string of the molecule is CC(C)c1cccc(OC(C)c2nnc(-c3ccc([N+](=O)[O-])cc3)n2C)c1. The molecule has 1 atom stereocenters. The molecule has 140 valence electrons.